The minimum absolute atomic E-state index is 0.141. The Balaban J connectivity index is 1.29. The Morgan fingerprint density at radius 3 is 1.89 bits per heavy atom. The van der Waals surface area contributed by atoms with E-state index in [0.717, 1.165) is 11.5 Å². The van der Waals surface area contributed by atoms with Gasteiger partial charge in [0.25, 0.3) is 0 Å². The molecule has 0 bridgehead atoms. The summed E-state index contributed by atoms with van der Waals surface area (Å²) < 4.78 is 129. The maximum Gasteiger partial charge on any atom is 0.164 e. The Bertz CT molecular complexity index is 3340. The molecule has 0 unspecified atom stereocenters. The molecule has 0 radical (unpaired) electrons. The lowest BCUT2D eigenvalue weighted by atomic mass is 9.97. The van der Waals surface area contributed by atoms with Crippen molar-refractivity contribution in [2.75, 3.05) is 0 Å². The number of hydrogen-bond donors (Lipinski definition) is 0. The molecule has 47 heavy (non-hydrogen) atoms. The SMILES string of the molecule is [2H]c1cc([2H])c(-c2c([2H])c([2H])c(-c3c([2H])c([2H])c4c([2H])c([2H])c([2H])c([2H])c4c3[2H])c([2H])c2[2H])c([2H])c1-c1nc(-c2ccccc2)nc(-c2cccc3oc4ccccc4c23)n1. The number of nitrogens with zero attached hydrogens (tertiary/aromatic N) is 3. The van der Waals surface area contributed by atoms with Gasteiger partial charge in [0.1, 0.15) is 11.2 Å². The summed E-state index contributed by atoms with van der Waals surface area (Å²) in [5.74, 6) is 0.232. The van der Waals surface area contributed by atoms with Crippen molar-refractivity contribution < 1.29 is 23.6 Å². The second-order valence-corrected chi connectivity index (χ2v) is 10.5. The summed E-state index contributed by atoms with van der Waals surface area (Å²) in [6.07, 6.45) is 0. The molecule has 0 atom stereocenters. The molecule has 0 saturated heterocycles. The van der Waals surface area contributed by atoms with Crippen LogP contribution in [0.3, 0.4) is 0 Å². The van der Waals surface area contributed by atoms with E-state index in [4.69, 9.17) is 37.2 Å². The number of fused-ring (bicyclic) bond motifs is 4. The van der Waals surface area contributed by atoms with E-state index in [9.17, 15) is 1.37 Å². The highest BCUT2D eigenvalue weighted by molar-refractivity contribution is 6.11. The minimum Gasteiger partial charge on any atom is -0.456 e. The maximum absolute atomic E-state index is 9.49. The van der Waals surface area contributed by atoms with Gasteiger partial charge < -0.3 is 4.42 Å². The van der Waals surface area contributed by atoms with Crippen LogP contribution in [0.1, 0.15) is 19.2 Å². The number of rotatable bonds is 5. The molecular formula is C43H27N3O. The van der Waals surface area contributed by atoms with Crippen molar-refractivity contribution in [3.63, 3.8) is 0 Å². The second-order valence-electron chi connectivity index (χ2n) is 10.5. The van der Waals surface area contributed by atoms with Gasteiger partial charge in [-0.3, -0.25) is 0 Å². The summed E-state index contributed by atoms with van der Waals surface area (Å²) in [7, 11) is 0. The predicted molar refractivity (Wildman–Crippen MR) is 192 cm³/mol. The van der Waals surface area contributed by atoms with E-state index in [1.165, 1.54) is 0 Å². The van der Waals surface area contributed by atoms with Crippen LogP contribution in [0.2, 0.25) is 0 Å². The molecule has 0 spiro atoms. The van der Waals surface area contributed by atoms with Gasteiger partial charge in [0.05, 0.1) is 19.2 Å². The maximum atomic E-state index is 9.49. The molecule has 4 heteroatoms. The molecule has 0 N–H and O–H groups in total. The number of benzene rings is 7. The smallest absolute Gasteiger partial charge is 0.164 e. The van der Waals surface area contributed by atoms with Gasteiger partial charge in [-0.15, -0.1) is 0 Å². The van der Waals surface area contributed by atoms with Crippen LogP contribution in [-0.4, -0.2) is 15.0 Å². The van der Waals surface area contributed by atoms with Crippen molar-refractivity contribution in [2.24, 2.45) is 0 Å². The largest absolute Gasteiger partial charge is 0.456 e. The molecule has 0 amide bonds. The predicted octanol–water partition coefficient (Wildman–Crippen LogP) is 11.3. The molecule has 2 heterocycles. The van der Waals surface area contributed by atoms with E-state index >= 15 is 0 Å². The Labute approximate surface area is 291 Å². The number of aromatic nitrogens is 3. The van der Waals surface area contributed by atoms with Crippen LogP contribution in [0.15, 0.2) is 168 Å². The van der Waals surface area contributed by atoms with E-state index in [2.05, 4.69) is 0 Å². The lowest BCUT2D eigenvalue weighted by Crippen LogP contribution is -2.00. The quantitative estimate of drug-likeness (QED) is 0.193. The Hall–Kier alpha value is -6.39. The molecule has 0 saturated carbocycles. The molecule has 220 valence electrons. The van der Waals surface area contributed by atoms with Gasteiger partial charge in [-0.1, -0.05) is 139 Å². The van der Waals surface area contributed by atoms with Gasteiger partial charge in [-0.05, 0) is 57.2 Å². The summed E-state index contributed by atoms with van der Waals surface area (Å²) in [4.78, 5) is 14.3. The Morgan fingerprint density at radius 2 is 1.06 bits per heavy atom. The average Bonchev–Trinajstić information content (AvgIpc) is 3.64. The summed E-state index contributed by atoms with van der Waals surface area (Å²) in [6, 6.07) is 13.6. The van der Waals surface area contributed by atoms with Crippen LogP contribution in [0.5, 0.6) is 0 Å². The summed E-state index contributed by atoms with van der Waals surface area (Å²) in [5, 5.41) is 0.690. The lowest BCUT2D eigenvalue weighted by Gasteiger charge is -2.11. The summed E-state index contributed by atoms with van der Waals surface area (Å²) >= 11 is 0. The zero-order valence-corrected chi connectivity index (χ0v) is 24.3. The monoisotopic (exact) mass is 615 g/mol. The van der Waals surface area contributed by atoms with E-state index in [0.29, 0.717) is 27.7 Å². The van der Waals surface area contributed by atoms with E-state index in [1.54, 1.807) is 30.3 Å². The molecule has 9 aromatic rings. The topological polar surface area (TPSA) is 51.8 Å². The molecule has 2 aromatic heterocycles. The van der Waals surface area contributed by atoms with Crippen molar-refractivity contribution in [3.8, 4) is 56.4 Å². The highest BCUT2D eigenvalue weighted by Gasteiger charge is 2.18. The van der Waals surface area contributed by atoms with Crippen LogP contribution in [-0.2, 0) is 0 Å². The number of hydrogen-bond acceptors (Lipinski definition) is 4. The zero-order chi connectivity index (χ0) is 43.3. The van der Waals surface area contributed by atoms with E-state index in [1.807, 2.05) is 42.5 Å². The van der Waals surface area contributed by atoms with Crippen LogP contribution >= 0.6 is 0 Å². The van der Waals surface area contributed by atoms with E-state index < -0.39 is 106 Å². The van der Waals surface area contributed by atoms with Gasteiger partial charge in [-0.25, -0.2) is 15.0 Å². The fourth-order valence-electron chi connectivity index (χ4n) is 5.39. The van der Waals surface area contributed by atoms with Crippen LogP contribution in [0.4, 0.5) is 0 Å². The lowest BCUT2D eigenvalue weighted by molar-refractivity contribution is 0.669. The third kappa shape index (κ3) is 4.93. The Morgan fingerprint density at radius 1 is 0.426 bits per heavy atom. The minimum atomic E-state index is -0.790. The molecular weight excluding hydrogens is 574 g/mol. The van der Waals surface area contributed by atoms with Crippen molar-refractivity contribution in [2.45, 2.75) is 0 Å². The van der Waals surface area contributed by atoms with Crippen molar-refractivity contribution in [3.05, 3.63) is 163 Å². The van der Waals surface area contributed by atoms with Crippen LogP contribution < -0.4 is 0 Å². The summed E-state index contributed by atoms with van der Waals surface area (Å²) in [5.41, 5.74) is 0.152. The van der Waals surface area contributed by atoms with Gasteiger partial charge in [-0.2, -0.15) is 0 Å². The van der Waals surface area contributed by atoms with E-state index in [-0.39, 0.29) is 34.6 Å². The molecule has 0 fully saturated rings. The zero-order valence-electron chi connectivity index (χ0n) is 38.3. The number of para-hydroxylation sites is 1. The fraction of sp³-hybridized carbons (Fsp3) is 0. The number of furan rings is 1. The van der Waals surface area contributed by atoms with Crippen molar-refractivity contribution in [1.29, 1.82) is 0 Å². The first-order valence-electron chi connectivity index (χ1n) is 21.6. The van der Waals surface area contributed by atoms with Gasteiger partial charge in [0, 0.05) is 27.5 Å². The summed E-state index contributed by atoms with van der Waals surface area (Å²) in [6.45, 7) is 0. The first-order valence-corrected chi connectivity index (χ1v) is 14.6. The third-order valence-electron chi connectivity index (χ3n) is 7.59. The molecule has 7 aromatic carbocycles. The highest BCUT2D eigenvalue weighted by Crippen LogP contribution is 2.37. The van der Waals surface area contributed by atoms with Gasteiger partial charge in [0.15, 0.2) is 17.5 Å². The Kier molecular flexibility index (Phi) is 3.87. The first-order chi connectivity index (χ1) is 29.1. The molecule has 0 aliphatic heterocycles. The second kappa shape index (κ2) is 11.2. The highest BCUT2D eigenvalue weighted by atomic mass is 16.3. The molecule has 4 nitrogen and oxygen atoms in total. The van der Waals surface area contributed by atoms with Crippen LogP contribution in [0, 0.1) is 0 Å². The molecule has 0 aliphatic carbocycles. The van der Waals surface area contributed by atoms with Gasteiger partial charge >= 0.3 is 0 Å². The fourth-order valence-corrected chi connectivity index (χ4v) is 5.39. The standard InChI is InChI=1S/C43H27N3O/c1-2-11-31(12-3-1)41-44-42(46-43(45-41)37-17-9-19-39-40(37)36-16-6-7-18-38(36)47-39)35-15-8-14-33(27-35)29-20-22-30(23-21-29)34-25-24-28-10-4-5-13-32(28)26-34/h1-27H/i4D,5D,10D,13D,14D,15D,20D,21D,22D,23D,24D,25D,26D,27D. The van der Waals surface area contributed by atoms with Crippen LogP contribution in [0.25, 0.3) is 89.1 Å². The van der Waals surface area contributed by atoms with Crippen molar-refractivity contribution in [1.82, 2.24) is 15.0 Å². The third-order valence-corrected chi connectivity index (χ3v) is 7.59. The van der Waals surface area contributed by atoms with Gasteiger partial charge in [0.2, 0.25) is 0 Å². The molecule has 0 aliphatic rings. The van der Waals surface area contributed by atoms with Crippen molar-refractivity contribution >= 4 is 32.7 Å². The molecule has 9 rings (SSSR count). The first kappa shape index (κ1) is 16.3. The normalized spacial score (nSPS) is 15.6. The average molecular weight is 616 g/mol.